The van der Waals surface area contributed by atoms with Crippen molar-refractivity contribution in [1.29, 1.82) is 0 Å². The average molecular weight is 378 g/mol. The van der Waals surface area contributed by atoms with Crippen LogP contribution in [0.1, 0.15) is 11.1 Å². The number of phenols is 1. The molecule has 9 heteroatoms. The third-order valence-electron chi connectivity index (χ3n) is 3.88. The highest BCUT2D eigenvalue weighted by molar-refractivity contribution is 6.14. The SMILES string of the molecule is O=[N+]([O-])c1ccc(NN=C(c2ccccc2)c2ccccc2O)c([N+](=O)[O-])c1. The molecule has 140 valence electrons. The summed E-state index contributed by atoms with van der Waals surface area (Å²) in [5.41, 5.74) is 3.14. The first-order valence-corrected chi connectivity index (χ1v) is 8.07. The van der Waals surface area contributed by atoms with Gasteiger partial charge in [0.05, 0.1) is 15.9 Å². The molecule has 0 fully saturated rings. The monoisotopic (exact) mass is 378 g/mol. The Kier molecular flexibility index (Phi) is 5.26. The van der Waals surface area contributed by atoms with E-state index in [1.807, 2.05) is 6.07 Å². The van der Waals surface area contributed by atoms with Crippen molar-refractivity contribution in [3.8, 4) is 5.75 Å². The third kappa shape index (κ3) is 3.93. The second-order valence-electron chi connectivity index (χ2n) is 5.67. The van der Waals surface area contributed by atoms with E-state index in [1.54, 1.807) is 42.5 Å². The Labute approximate surface area is 158 Å². The molecule has 3 aromatic rings. The minimum Gasteiger partial charge on any atom is -0.507 e. The molecule has 3 aromatic carbocycles. The zero-order valence-corrected chi connectivity index (χ0v) is 14.4. The maximum absolute atomic E-state index is 11.3. The van der Waals surface area contributed by atoms with Crippen molar-refractivity contribution in [3.05, 3.63) is 104 Å². The molecular weight excluding hydrogens is 364 g/mol. The van der Waals surface area contributed by atoms with Gasteiger partial charge in [-0.2, -0.15) is 5.10 Å². The number of aromatic hydroxyl groups is 1. The minimum atomic E-state index is -0.729. The number of phenolic OH excluding ortho intramolecular Hbond substituents is 1. The molecule has 28 heavy (non-hydrogen) atoms. The van der Waals surface area contributed by atoms with Crippen LogP contribution in [0, 0.1) is 20.2 Å². The minimum absolute atomic E-state index is 0.00916. The van der Waals surface area contributed by atoms with Crippen LogP contribution in [0.5, 0.6) is 5.75 Å². The number of hydrogen-bond donors (Lipinski definition) is 2. The van der Waals surface area contributed by atoms with Crippen LogP contribution >= 0.6 is 0 Å². The van der Waals surface area contributed by atoms with E-state index in [0.29, 0.717) is 16.8 Å². The number of nitro groups is 2. The molecule has 0 spiro atoms. The van der Waals surface area contributed by atoms with Crippen LogP contribution < -0.4 is 5.43 Å². The Morgan fingerprint density at radius 1 is 0.893 bits per heavy atom. The smallest absolute Gasteiger partial charge is 0.301 e. The second-order valence-corrected chi connectivity index (χ2v) is 5.67. The van der Waals surface area contributed by atoms with Crippen LogP contribution in [0.2, 0.25) is 0 Å². The summed E-state index contributed by atoms with van der Waals surface area (Å²) in [7, 11) is 0. The number of anilines is 1. The molecule has 3 rings (SSSR count). The van der Waals surface area contributed by atoms with Crippen LogP contribution in [0.4, 0.5) is 17.1 Å². The summed E-state index contributed by atoms with van der Waals surface area (Å²) < 4.78 is 0. The fraction of sp³-hybridized carbons (Fsp3) is 0. The summed E-state index contributed by atoms with van der Waals surface area (Å²) in [5.74, 6) is -0.00916. The van der Waals surface area contributed by atoms with Gasteiger partial charge in [-0.15, -0.1) is 0 Å². The van der Waals surface area contributed by atoms with Gasteiger partial charge < -0.3 is 5.11 Å². The van der Waals surface area contributed by atoms with Crippen molar-refractivity contribution in [2.75, 3.05) is 5.43 Å². The van der Waals surface area contributed by atoms with Gasteiger partial charge in [0, 0.05) is 17.2 Å². The molecule has 0 heterocycles. The van der Waals surface area contributed by atoms with E-state index >= 15 is 0 Å². The quantitative estimate of drug-likeness (QED) is 0.377. The molecule has 0 atom stereocenters. The lowest BCUT2D eigenvalue weighted by molar-refractivity contribution is -0.393. The molecule has 0 saturated heterocycles. The first-order chi connectivity index (χ1) is 13.5. The van der Waals surface area contributed by atoms with Gasteiger partial charge in [0.2, 0.25) is 0 Å². The number of non-ortho nitro benzene ring substituents is 1. The van der Waals surface area contributed by atoms with Crippen LogP contribution in [0.25, 0.3) is 0 Å². The van der Waals surface area contributed by atoms with Crippen LogP contribution in [-0.2, 0) is 0 Å². The van der Waals surface area contributed by atoms with E-state index in [0.717, 1.165) is 12.1 Å². The number of hydrazone groups is 1. The fourth-order valence-corrected chi connectivity index (χ4v) is 2.55. The molecular formula is C19H14N4O5. The summed E-state index contributed by atoms with van der Waals surface area (Å²) in [6.07, 6.45) is 0. The zero-order valence-electron chi connectivity index (χ0n) is 14.4. The first kappa shape index (κ1) is 18.5. The Morgan fingerprint density at radius 3 is 2.21 bits per heavy atom. The second kappa shape index (κ2) is 7.96. The molecule has 2 N–H and O–H groups in total. The first-order valence-electron chi connectivity index (χ1n) is 8.07. The summed E-state index contributed by atoms with van der Waals surface area (Å²) in [5, 5.41) is 36.6. The van der Waals surface area contributed by atoms with E-state index < -0.39 is 21.2 Å². The molecule has 0 aliphatic heterocycles. The predicted molar refractivity (Wildman–Crippen MR) is 104 cm³/mol. The van der Waals surface area contributed by atoms with Crippen LogP contribution in [0.15, 0.2) is 77.9 Å². The van der Waals surface area contributed by atoms with Gasteiger partial charge in [0.15, 0.2) is 0 Å². The average Bonchev–Trinajstić information content (AvgIpc) is 2.70. The van der Waals surface area contributed by atoms with Gasteiger partial charge in [-0.05, 0) is 18.2 Å². The van der Waals surface area contributed by atoms with Crippen LogP contribution in [0.3, 0.4) is 0 Å². The molecule has 0 radical (unpaired) electrons. The van der Waals surface area contributed by atoms with E-state index in [2.05, 4.69) is 10.5 Å². The van der Waals surface area contributed by atoms with E-state index in [-0.39, 0.29) is 11.4 Å². The molecule has 0 bridgehead atoms. The molecule has 0 aliphatic carbocycles. The van der Waals surface area contributed by atoms with Crippen molar-refractivity contribution in [2.45, 2.75) is 0 Å². The van der Waals surface area contributed by atoms with E-state index in [9.17, 15) is 25.3 Å². The van der Waals surface area contributed by atoms with Crippen molar-refractivity contribution in [2.24, 2.45) is 5.10 Å². The van der Waals surface area contributed by atoms with Crippen molar-refractivity contribution in [1.82, 2.24) is 0 Å². The van der Waals surface area contributed by atoms with Gasteiger partial charge in [-0.25, -0.2) is 0 Å². The van der Waals surface area contributed by atoms with E-state index in [4.69, 9.17) is 0 Å². The molecule has 9 nitrogen and oxygen atoms in total. The molecule has 0 saturated carbocycles. The third-order valence-corrected chi connectivity index (χ3v) is 3.88. The maximum Gasteiger partial charge on any atom is 0.301 e. The number of nitrogens with zero attached hydrogens (tertiary/aromatic N) is 3. The van der Waals surface area contributed by atoms with Crippen molar-refractivity contribution >= 4 is 22.8 Å². The van der Waals surface area contributed by atoms with Gasteiger partial charge in [-0.3, -0.25) is 25.7 Å². The molecule has 0 aliphatic rings. The largest absolute Gasteiger partial charge is 0.507 e. The Balaban J connectivity index is 2.07. The van der Waals surface area contributed by atoms with Crippen molar-refractivity contribution in [3.63, 3.8) is 0 Å². The fourth-order valence-electron chi connectivity index (χ4n) is 2.55. The number of benzene rings is 3. The van der Waals surface area contributed by atoms with Crippen LogP contribution in [-0.4, -0.2) is 20.7 Å². The van der Waals surface area contributed by atoms with Gasteiger partial charge >= 0.3 is 5.69 Å². The summed E-state index contributed by atoms with van der Waals surface area (Å²) in [6, 6.07) is 18.7. The number of nitrogens with one attached hydrogen (secondary N) is 1. The normalized spacial score (nSPS) is 11.1. The summed E-state index contributed by atoms with van der Waals surface area (Å²) in [6.45, 7) is 0. The standard InChI is InChI=1S/C19H14N4O5/c24-18-9-5-4-8-15(18)19(13-6-2-1-3-7-13)21-20-16-11-10-14(22(25)26)12-17(16)23(27)28/h1-12,20,24H. The summed E-state index contributed by atoms with van der Waals surface area (Å²) in [4.78, 5) is 20.7. The highest BCUT2D eigenvalue weighted by Crippen LogP contribution is 2.29. The maximum atomic E-state index is 11.3. The Bertz CT molecular complexity index is 1070. The van der Waals surface area contributed by atoms with Crippen molar-refractivity contribution < 1.29 is 15.0 Å². The number of hydrogen-bond acceptors (Lipinski definition) is 7. The molecule has 0 aromatic heterocycles. The Hall–Kier alpha value is -4.27. The number of para-hydroxylation sites is 1. The van der Waals surface area contributed by atoms with Gasteiger partial charge in [-0.1, -0.05) is 42.5 Å². The molecule has 0 unspecified atom stereocenters. The highest BCUT2D eigenvalue weighted by Gasteiger charge is 2.20. The number of rotatable bonds is 6. The lowest BCUT2D eigenvalue weighted by atomic mass is 10.0. The summed E-state index contributed by atoms with van der Waals surface area (Å²) >= 11 is 0. The Morgan fingerprint density at radius 2 is 1.57 bits per heavy atom. The zero-order chi connectivity index (χ0) is 20.1. The number of nitro benzene ring substituents is 2. The topological polar surface area (TPSA) is 131 Å². The molecule has 0 amide bonds. The highest BCUT2D eigenvalue weighted by atomic mass is 16.6. The van der Waals surface area contributed by atoms with Gasteiger partial charge in [0.25, 0.3) is 5.69 Å². The van der Waals surface area contributed by atoms with Gasteiger partial charge in [0.1, 0.15) is 17.1 Å². The predicted octanol–water partition coefficient (Wildman–Crippen LogP) is 4.07. The van der Waals surface area contributed by atoms with E-state index in [1.165, 1.54) is 12.1 Å². The lowest BCUT2D eigenvalue weighted by Gasteiger charge is -2.10. The lowest BCUT2D eigenvalue weighted by Crippen LogP contribution is -2.07.